The second-order valence-corrected chi connectivity index (χ2v) is 3.86. The summed E-state index contributed by atoms with van der Waals surface area (Å²) in [5.41, 5.74) is 0.459. The molecule has 1 aromatic rings. The molecule has 0 fully saturated rings. The molecule has 0 aliphatic carbocycles. The molecular formula is C12H12N2O5. The standard InChI is InChI=1S/C12H12N2O5/c1-2-18-12(15)10-11(19-7-13-10)8-4-3-5-9(6-8)14(16)17/h3-7,10-11H,2H2,1H3. The Morgan fingerprint density at radius 2 is 2.37 bits per heavy atom. The van der Waals surface area contributed by atoms with Crippen molar-refractivity contribution in [3.63, 3.8) is 0 Å². The van der Waals surface area contributed by atoms with Crippen LogP contribution in [0.5, 0.6) is 0 Å². The van der Waals surface area contributed by atoms with Crippen LogP contribution in [0.3, 0.4) is 0 Å². The van der Waals surface area contributed by atoms with Crippen LogP contribution < -0.4 is 0 Å². The van der Waals surface area contributed by atoms with Crippen molar-refractivity contribution in [3.8, 4) is 0 Å². The lowest BCUT2D eigenvalue weighted by Gasteiger charge is -2.16. The largest absolute Gasteiger partial charge is 0.473 e. The molecule has 7 heteroatoms. The van der Waals surface area contributed by atoms with Gasteiger partial charge in [-0.2, -0.15) is 0 Å². The van der Waals surface area contributed by atoms with E-state index in [-0.39, 0.29) is 12.3 Å². The van der Waals surface area contributed by atoms with E-state index in [1.807, 2.05) is 0 Å². The van der Waals surface area contributed by atoms with E-state index in [9.17, 15) is 14.9 Å². The lowest BCUT2D eigenvalue weighted by Crippen LogP contribution is -2.26. The number of benzene rings is 1. The molecule has 19 heavy (non-hydrogen) atoms. The molecule has 0 amide bonds. The second kappa shape index (κ2) is 5.47. The Hall–Kier alpha value is -2.44. The van der Waals surface area contributed by atoms with Crippen LogP contribution in [0.1, 0.15) is 18.6 Å². The van der Waals surface area contributed by atoms with Gasteiger partial charge in [-0.15, -0.1) is 0 Å². The fourth-order valence-corrected chi connectivity index (χ4v) is 1.81. The quantitative estimate of drug-likeness (QED) is 0.468. The van der Waals surface area contributed by atoms with Crippen LogP contribution in [0.4, 0.5) is 5.69 Å². The topological polar surface area (TPSA) is 91.0 Å². The third-order valence-electron chi connectivity index (χ3n) is 2.65. The Bertz CT molecular complexity index is 529. The van der Waals surface area contributed by atoms with E-state index in [1.165, 1.54) is 24.6 Å². The number of esters is 1. The summed E-state index contributed by atoms with van der Waals surface area (Å²) >= 11 is 0. The van der Waals surface area contributed by atoms with E-state index >= 15 is 0 Å². The maximum Gasteiger partial charge on any atom is 0.335 e. The van der Waals surface area contributed by atoms with Crippen LogP contribution in [-0.2, 0) is 14.3 Å². The highest BCUT2D eigenvalue weighted by atomic mass is 16.6. The predicted molar refractivity (Wildman–Crippen MR) is 65.8 cm³/mol. The number of carbonyl (C=O) groups is 1. The molecule has 0 aromatic heterocycles. The van der Waals surface area contributed by atoms with Crippen LogP contribution in [0, 0.1) is 10.1 Å². The summed E-state index contributed by atoms with van der Waals surface area (Å²) in [6.07, 6.45) is 0.490. The molecule has 2 rings (SSSR count). The highest BCUT2D eigenvalue weighted by Gasteiger charge is 2.35. The highest BCUT2D eigenvalue weighted by molar-refractivity contribution is 5.80. The van der Waals surface area contributed by atoms with Crippen LogP contribution in [-0.4, -0.2) is 29.9 Å². The first-order chi connectivity index (χ1) is 9.13. The van der Waals surface area contributed by atoms with Crippen molar-refractivity contribution in [2.24, 2.45) is 4.99 Å². The maximum absolute atomic E-state index is 11.7. The van der Waals surface area contributed by atoms with Gasteiger partial charge >= 0.3 is 5.97 Å². The van der Waals surface area contributed by atoms with E-state index < -0.39 is 23.0 Å². The molecule has 7 nitrogen and oxygen atoms in total. The summed E-state index contributed by atoms with van der Waals surface area (Å²) in [6, 6.07) is 5.11. The van der Waals surface area contributed by atoms with E-state index in [2.05, 4.69) is 4.99 Å². The molecule has 0 bridgehead atoms. The Kier molecular flexibility index (Phi) is 3.74. The van der Waals surface area contributed by atoms with Gasteiger partial charge in [0.2, 0.25) is 0 Å². The fraction of sp³-hybridized carbons (Fsp3) is 0.333. The maximum atomic E-state index is 11.7. The molecule has 0 saturated heterocycles. The van der Waals surface area contributed by atoms with Crippen LogP contribution in [0.15, 0.2) is 29.3 Å². The first kappa shape index (κ1) is 13.0. The highest BCUT2D eigenvalue weighted by Crippen LogP contribution is 2.29. The first-order valence-electron chi connectivity index (χ1n) is 5.71. The zero-order valence-corrected chi connectivity index (χ0v) is 10.2. The van der Waals surface area contributed by atoms with Crippen molar-refractivity contribution >= 4 is 18.1 Å². The molecule has 0 spiro atoms. The van der Waals surface area contributed by atoms with Gasteiger partial charge in [0.05, 0.1) is 11.5 Å². The van der Waals surface area contributed by atoms with Crippen molar-refractivity contribution < 1.29 is 19.2 Å². The summed E-state index contributed by atoms with van der Waals surface area (Å²) in [6.45, 7) is 1.94. The van der Waals surface area contributed by atoms with E-state index in [0.29, 0.717) is 5.56 Å². The van der Waals surface area contributed by atoms with Crippen molar-refractivity contribution in [2.45, 2.75) is 19.1 Å². The number of hydrogen-bond acceptors (Lipinski definition) is 6. The number of non-ortho nitro benzene ring substituents is 1. The number of carbonyl (C=O) groups excluding carboxylic acids is 1. The Morgan fingerprint density at radius 3 is 3.05 bits per heavy atom. The van der Waals surface area contributed by atoms with Gasteiger partial charge < -0.3 is 9.47 Å². The first-order valence-corrected chi connectivity index (χ1v) is 5.71. The monoisotopic (exact) mass is 264 g/mol. The van der Waals surface area contributed by atoms with Gasteiger partial charge in [-0.05, 0) is 6.92 Å². The number of nitrogens with zero attached hydrogens (tertiary/aromatic N) is 2. The van der Waals surface area contributed by atoms with Crippen molar-refractivity contribution in [3.05, 3.63) is 39.9 Å². The molecular weight excluding hydrogens is 252 g/mol. The normalized spacial score (nSPS) is 20.9. The predicted octanol–water partition coefficient (Wildman–Crippen LogP) is 1.63. The number of hydrogen-bond donors (Lipinski definition) is 0. The molecule has 0 N–H and O–H groups in total. The number of rotatable bonds is 4. The number of nitro benzene ring substituents is 1. The van der Waals surface area contributed by atoms with Crippen molar-refractivity contribution in [1.82, 2.24) is 0 Å². The molecule has 2 unspecified atom stereocenters. The lowest BCUT2D eigenvalue weighted by molar-refractivity contribution is -0.385. The summed E-state index contributed by atoms with van der Waals surface area (Å²) in [5, 5.41) is 10.7. The Balaban J connectivity index is 2.23. The van der Waals surface area contributed by atoms with Gasteiger partial charge in [-0.25, -0.2) is 9.79 Å². The van der Waals surface area contributed by atoms with E-state index in [1.54, 1.807) is 13.0 Å². The molecule has 0 radical (unpaired) electrons. The Labute approximate surface area is 109 Å². The number of nitro groups is 1. The molecule has 2 atom stereocenters. The smallest absolute Gasteiger partial charge is 0.335 e. The zero-order valence-electron chi connectivity index (χ0n) is 10.2. The second-order valence-electron chi connectivity index (χ2n) is 3.86. The number of ether oxygens (including phenoxy) is 2. The minimum atomic E-state index is -0.818. The minimum absolute atomic E-state index is 0.0596. The molecule has 1 aliphatic heterocycles. The number of aliphatic imine (C=N–C) groups is 1. The van der Waals surface area contributed by atoms with Gasteiger partial charge in [0, 0.05) is 17.7 Å². The van der Waals surface area contributed by atoms with E-state index in [4.69, 9.17) is 9.47 Å². The fourth-order valence-electron chi connectivity index (χ4n) is 1.81. The molecule has 1 heterocycles. The third kappa shape index (κ3) is 2.70. The molecule has 1 aliphatic rings. The summed E-state index contributed by atoms with van der Waals surface area (Å²) in [5.74, 6) is -0.507. The van der Waals surface area contributed by atoms with E-state index in [0.717, 1.165) is 0 Å². The van der Waals surface area contributed by atoms with Gasteiger partial charge in [-0.3, -0.25) is 10.1 Å². The third-order valence-corrected chi connectivity index (χ3v) is 2.65. The zero-order chi connectivity index (χ0) is 13.8. The van der Waals surface area contributed by atoms with Gasteiger partial charge in [0.25, 0.3) is 5.69 Å². The van der Waals surface area contributed by atoms with Crippen LogP contribution in [0.25, 0.3) is 0 Å². The molecule has 100 valence electrons. The summed E-state index contributed by atoms with van der Waals surface area (Å²) < 4.78 is 10.1. The minimum Gasteiger partial charge on any atom is -0.473 e. The van der Waals surface area contributed by atoms with Gasteiger partial charge in [-0.1, -0.05) is 12.1 Å². The summed E-state index contributed by atoms with van der Waals surface area (Å²) in [4.78, 5) is 25.8. The molecule has 0 saturated carbocycles. The lowest BCUT2D eigenvalue weighted by atomic mass is 10.0. The summed E-state index contributed by atoms with van der Waals surface area (Å²) in [7, 11) is 0. The average molecular weight is 264 g/mol. The average Bonchev–Trinajstić information content (AvgIpc) is 2.88. The van der Waals surface area contributed by atoms with Crippen molar-refractivity contribution in [1.29, 1.82) is 0 Å². The SMILES string of the molecule is CCOC(=O)C1N=COC1c1cccc([N+](=O)[O-])c1. The van der Waals surface area contributed by atoms with Crippen LogP contribution >= 0.6 is 0 Å². The Morgan fingerprint density at radius 1 is 1.58 bits per heavy atom. The van der Waals surface area contributed by atoms with Gasteiger partial charge in [0.15, 0.2) is 18.5 Å². The van der Waals surface area contributed by atoms with Crippen molar-refractivity contribution in [2.75, 3.05) is 6.61 Å². The van der Waals surface area contributed by atoms with Crippen LogP contribution in [0.2, 0.25) is 0 Å². The van der Waals surface area contributed by atoms with Gasteiger partial charge in [0.1, 0.15) is 0 Å². The molecule has 1 aromatic carbocycles.